The Morgan fingerprint density at radius 2 is 1.75 bits per heavy atom. The van der Waals surface area contributed by atoms with Crippen molar-refractivity contribution in [2.75, 3.05) is 0 Å². The van der Waals surface area contributed by atoms with Crippen LogP contribution in [0.3, 0.4) is 0 Å². The summed E-state index contributed by atoms with van der Waals surface area (Å²) in [6, 6.07) is 9.42. The number of rotatable bonds is 1. The van der Waals surface area contributed by atoms with Gasteiger partial charge in [0.25, 0.3) is 9.41 Å². The van der Waals surface area contributed by atoms with E-state index >= 15 is 0 Å². The first-order valence-corrected chi connectivity index (χ1v) is 3.48. The molecule has 1 nitrogen and oxygen atoms in total. The van der Waals surface area contributed by atoms with Gasteiger partial charge < -0.3 is 4.46 Å². The van der Waals surface area contributed by atoms with Gasteiger partial charge in [0.05, 0.1) is 0 Å². The van der Waals surface area contributed by atoms with Crippen molar-refractivity contribution in [3.05, 3.63) is 30.3 Å². The average Bonchev–Trinajstić information content (AvgIpc) is 1.90. The van der Waals surface area contributed by atoms with Gasteiger partial charge in [-0.05, 0) is 5.19 Å². The smallest absolute Gasteiger partial charge is 0.296 e. The van der Waals surface area contributed by atoms with Gasteiger partial charge in [0.1, 0.15) is 0 Å². The Hall–Kier alpha value is -0.763. The molecule has 0 bridgehead atoms. The van der Waals surface area contributed by atoms with Gasteiger partial charge in [0, 0.05) is 0 Å². The number of benzene rings is 1. The van der Waals surface area contributed by atoms with E-state index in [1.54, 1.807) is 0 Å². The van der Waals surface area contributed by atoms with Crippen molar-refractivity contribution in [2.24, 2.45) is 0 Å². The van der Waals surface area contributed by atoms with E-state index in [1.165, 1.54) is 0 Å². The second kappa shape index (κ2) is 2.52. The fourth-order valence-electron chi connectivity index (χ4n) is 0.532. The van der Waals surface area contributed by atoms with Crippen molar-refractivity contribution >= 4 is 14.6 Å². The fraction of sp³-hybridized carbons (Fsp3) is 0. The highest BCUT2D eigenvalue weighted by atomic mass is 28.2. The minimum absolute atomic E-state index is 0.739. The maximum Gasteiger partial charge on any atom is 0.296 e. The third-order valence-corrected chi connectivity index (χ3v) is 1.59. The summed E-state index contributed by atoms with van der Waals surface area (Å²) < 4.78 is 10.2. The lowest BCUT2D eigenvalue weighted by Gasteiger charge is -1.81. The SMILES string of the molecule is O=[SiH]c1ccccc1. The van der Waals surface area contributed by atoms with Crippen LogP contribution in [0.2, 0.25) is 0 Å². The van der Waals surface area contributed by atoms with Crippen molar-refractivity contribution in [2.45, 2.75) is 0 Å². The van der Waals surface area contributed by atoms with E-state index < -0.39 is 9.41 Å². The van der Waals surface area contributed by atoms with Crippen LogP contribution in [0.15, 0.2) is 30.3 Å². The Morgan fingerprint density at radius 3 is 2.12 bits per heavy atom. The molecule has 0 aliphatic carbocycles. The molecule has 1 rings (SSSR count). The zero-order valence-corrected chi connectivity index (χ0v) is 5.53. The zero-order chi connectivity index (χ0) is 5.82. The van der Waals surface area contributed by atoms with Crippen LogP contribution in [0.25, 0.3) is 0 Å². The molecule has 0 heterocycles. The number of hydrogen-bond donors (Lipinski definition) is 0. The van der Waals surface area contributed by atoms with Crippen molar-refractivity contribution in [3.8, 4) is 0 Å². The number of hydrogen-bond acceptors (Lipinski definition) is 1. The molecule has 1 aromatic carbocycles. The van der Waals surface area contributed by atoms with Crippen LogP contribution >= 0.6 is 0 Å². The van der Waals surface area contributed by atoms with Crippen LogP contribution in [0.5, 0.6) is 0 Å². The molecule has 0 aromatic heterocycles. The Kier molecular flexibility index (Phi) is 1.69. The van der Waals surface area contributed by atoms with Crippen LogP contribution in [0.4, 0.5) is 0 Å². The molecule has 8 heavy (non-hydrogen) atoms. The molecule has 0 amide bonds. The van der Waals surface area contributed by atoms with E-state index in [0.717, 1.165) is 5.19 Å². The second-order valence-corrected chi connectivity index (χ2v) is 2.43. The summed E-state index contributed by atoms with van der Waals surface area (Å²) in [6.07, 6.45) is 0. The minimum Gasteiger partial charge on any atom is -0.386 e. The van der Waals surface area contributed by atoms with Crippen LogP contribution in [0, 0.1) is 0 Å². The molecule has 0 saturated heterocycles. The standard InChI is InChI=1S/C6H6OSi/c7-8-6-4-2-1-3-5-6/h1-5,8H. The monoisotopic (exact) mass is 122 g/mol. The average molecular weight is 122 g/mol. The van der Waals surface area contributed by atoms with E-state index in [4.69, 9.17) is 0 Å². The van der Waals surface area contributed by atoms with Crippen molar-refractivity contribution in [3.63, 3.8) is 0 Å². The summed E-state index contributed by atoms with van der Waals surface area (Å²) in [7, 11) is -0.739. The highest BCUT2D eigenvalue weighted by Gasteiger charge is 1.81. The van der Waals surface area contributed by atoms with Crippen molar-refractivity contribution < 1.29 is 4.46 Å². The van der Waals surface area contributed by atoms with Gasteiger partial charge in [-0.2, -0.15) is 0 Å². The fourth-order valence-corrected chi connectivity index (χ4v) is 0.911. The molecular formula is C6H6OSi. The Labute approximate surface area is 50.2 Å². The molecule has 0 unspecified atom stereocenters. The predicted octanol–water partition coefficient (Wildman–Crippen LogP) is 0.0939. The molecule has 0 radical (unpaired) electrons. The van der Waals surface area contributed by atoms with Gasteiger partial charge in [0.15, 0.2) is 0 Å². The molecule has 0 aliphatic rings. The first kappa shape index (κ1) is 5.38. The molecule has 0 spiro atoms. The second-order valence-electron chi connectivity index (χ2n) is 1.53. The van der Waals surface area contributed by atoms with Gasteiger partial charge in [-0.15, -0.1) is 0 Å². The lowest BCUT2D eigenvalue weighted by molar-refractivity contribution is 0.583. The lowest BCUT2D eigenvalue weighted by Crippen LogP contribution is -2.02. The van der Waals surface area contributed by atoms with Crippen LogP contribution in [-0.2, 0) is 4.46 Å². The third-order valence-electron chi connectivity index (χ3n) is 0.936. The van der Waals surface area contributed by atoms with E-state index in [0.29, 0.717) is 0 Å². The van der Waals surface area contributed by atoms with Gasteiger partial charge >= 0.3 is 0 Å². The first-order chi connectivity index (χ1) is 3.93. The van der Waals surface area contributed by atoms with Gasteiger partial charge in [-0.25, -0.2) is 0 Å². The normalized spacial score (nSPS) is 8.50. The molecule has 0 fully saturated rings. The Bertz CT molecular complexity index is 171. The van der Waals surface area contributed by atoms with E-state index in [9.17, 15) is 4.46 Å². The van der Waals surface area contributed by atoms with Crippen molar-refractivity contribution in [1.29, 1.82) is 0 Å². The van der Waals surface area contributed by atoms with Crippen molar-refractivity contribution in [1.82, 2.24) is 0 Å². The van der Waals surface area contributed by atoms with E-state index in [-0.39, 0.29) is 0 Å². The highest BCUT2D eigenvalue weighted by molar-refractivity contribution is 6.38. The van der Waals surface area contributed by atoms with E-state index in [1.807, 2.05) is 30.3 Å². The summed E-state index contributed by atoms with van der Waals surface area (Å²) >= 11 is 0. The quantitative estimate of drug-likeness (QED) is 0.483. The molecule has 2 heteroatoms. The predicted molar refractivity (Wildman–Crippen MR) is 33.9 cm³/mol. The zero-order valence-electron chi connectivity index (χ0n) is 4.37. The maximum absolute atomic E-state index is 10.2. The molecular weight excluding hydrogens is 116 g/mol. The summed E-state index contributed by atoms with van der Waals surface area (Å²) in [4.78, 5) is 0. The first-order valence-electron chi connectivity index (χ1n) is 2.44. The largest absolute Gasteiger partial charge is 0.386 e. The Balaban J connectivity index is 2.99. The highest BCUT2D eigenvalue weighted by Crippen LogP contribution is 1.77. The molecule has 40 valence electrons. The summed E-state index contributed by atoms with van der Waals surface area (Å²) in [5, 5.41) is 0.938. The van der Waals surface area contributed by atoms with Crippen LogP contribution in [-0.4, -0.2) is 9.41 Å². The lowest BCUT2D eigenvalue weighted by atomic mass is 10.4. The molecule has 0 atom stereocenters. The van der Waals surface area contributed by atoms with Gasteiger partial charge in [0.2, 0.25) is 0 Å². The summed E-state index contributed by atoms with van der Waals surface area (Å²) in [5.74, 6) is 0. The summed E-state index contributed by atoms with van der Waals surface area (Å²) in [6.45, 7) is 0. The molecule has 0 saturated carbocycles. The maximum atomic E-state index is 10.2. The summed E-state index contributed by atoms with van der Waals surface area (Å²) in [5.41, 5.74) is 0. The molecule has 0 N–H and O–H groups in total. The topological polar surface area (TPSA) is 17.1 Å². The van der Waals surface area contributed by atoms with Gasteiger partial charge in [-0.1, -0.05) is 30.3 Å². The third kappa shape index (κ3) is 1.10. The van der Waals surface area contributed by atoms with Gasteiger partial charge in [-0.3, -0.25) is 0 Å². The minimum atomic E-state index is -0.739. The Morgan fingerprint density at radius 1 is 1.12 bits per heavy atom. The molecule has 1 aromatic rings. The van der Waals surface area contributed by atoms with E-state index in [2.05, 4.69) is 0 Å². The van der Waals surface area contributed by atoms with Crippen LogP contribution < -0.4 is 5.19 Å². The molecule has 0 aliphatic heterocycles. The van der Waals surface area contributed by atoms with Crippen LogP contribution in [0.1, 0.15) is 0 Å².